The molecule has 6 N–H and O–H groups in total. The first-order chi connectivity index (χ1) is 23.9. The fourth-order valence-corrected chi connectivity index (χ4v) is 2.05. The van der Waals surface area contributed by atoms with Gasteiger partial charge in [0, 0.05) is 21.1 Å². The molecule has 0 radical (unpaired) electrons. The molecule has 3 atom stereocenters. The molecule has 3 rings (SSSR count). The van der Waals surface area contributed by atoms with Gasteiger partial charge in [-0.2, -0.15) is 0 Å². The normalized spacial score (nSPS) is 11.4. The average Bonchev–Trinajstić information content (AvgIpc) is 3.90. The monoisotopic (exact) mass is 818 g/mol. The zero-order valence-corrected chi connectivity index (χ0v) is 29.8. The third-order valence-electron chi connectivity index (χ3n) is 4.73. The largest absolute Gasteiger partial charge is 0.547 e. The van der Waals surface area contributed by atoms with Gasteiger partial charge in [0.25, 0.3) is 0 Å². The van der Waals surface area contributed by atoms with E-state index in [0.717, 1.165) is 18.2 Å². The Kier molecular flexibility index (Phi) is 34.4. The van der Waals surface area contributed by atoms with Crippen molar-refractivity contribution in [3.63, 3.8) is 0 Å². The predicted molar refractivity (Wildman–Crippen MR) is 162 cm³/mol. The van der Waals surface area contributed by atoms with Gasteiger partial charge in [-0.3, -0.25) is 0 Å². The summed E-state index contributed by atoms with van der Waals surface area (Å²) in [6, 6.07) is 0. The summed E-state index contributed by atoms with van der Waals surface area (Å²) in [5, 5.41) is 83.1. The summed E-state index contributed by atoms with van der Waals surface area (Å²) in [7, 11) is 0. The van der Waals surface area contributed by atoms with Crippen LogP contribution in [0.5, 0.6) is 0 Å². The molecule has 0 aliphatic rings. The van der Waals surface area contributed by atoms with Crippen molar-refractivity contribution in [2.75, 3.05) is 0 Å². The number of H-pyrrole nitrogens is 3. The van der Waals surface area contributed by atoms with Crippen LogP contribution >= 0.6 is 0 Å². The van der Waals surface area contributed by atoms with Crippen molar-refractivity contribution in [1.29, 1.82) is 0 Å². The van der Waals surface area contributed by atoms with Gasteiger partial charge in [0.2, 0.25) is 0 Å². The summed E-state index contributed by atoms with van der Waals surface area (Å²) in [6.45, 7) is 4.71. The molecule has 3 heterocycles. The summed E-state index contributed by atoms with van der Waals surface area (Å²) >= 11 is 0. The Balaban J connectivity index is -0.000000267. The van der Waals surface area contributed by atoms with E-state index in [1.54, 1.807) is 20.8 Å². The van der Waals surface area contributed by atoms with Crippen molar-refractivity contribution < 1.29 is 95.8 Å². The zero-order valence-electron chi connectivity index (χ0n) is 27.8. The first-order valence-electron chi connectivity index (χ1n) is 14.2. The van der Waals surface area contributed by atoms with E-state index < -0.39 is 54.1 Å². The van der Waals surface area contributed by atoms with Gasteiger partial charge in [0.15, 0.2) is 0 Å². The standard InChI is InChI=1S/3C6H6N2O2.3C4H8O3.Mo/c3*9-6(10)2-1-5-3-7-4-8-5;3*1-2-3(5)4(6)7;/h3*1-4H,(H,7,8)(H,9,10);3*3,5H,2H2,1H3,(H,6,7);/p-6. The Morgan fingerprint density at radius 1 is 0.538 bits per heavy atom. The molecule has 0 aromatic carbocycles. The number of imidazole rings is 3. The number of aliphatic carboxylic acids is 6. The van der Waals surface area contributed by atoms with Crippen LogP contribution in [0, 0.1) is 0 Å². The number of hydrogen-bond donors (Lipinski definition) is 6. The van der Waals surface area contributed by atoms with E-state index in [1.807, 2.05) is 0 Å². The van der Waals surface area contributed by atoms with E-state index in [1.165, 1.54) is 55.8 Å². The minimum Gasteiger partial charge on any atom is -0.547 e. The smallest absolute Gasteiger partial charge is 0.0931 e. The topological polar surface area (TPSA) is 388 Å². The van der Waals surface area contributed by atoms with Crippen LogP contribution in [0.3, 0.4) is 0 Å². The second-order valence-corrected chi connectivity index (χ2v) is 8.71. The number of carbonyl (C=O) groups is 6. The van der Waals surface area contributed by atoms with E-state index in [0.29, 0.717) is 17.1 Å². The number of carboxylic acid groups (broad SMARTS) is 6. The molecule has 0 saturated carbocycles. The van der Waals surface area contributed by atoms with E-state index in [4.69, 9.17) is 15.3 Å². The van der Waals surface area contributed by atoms with Crippen molar-refractivity contribution in [2.45, 2.75) is 58.3 Å². The van der Waals surface area contributed by atoms with Gasteiger partial charge >= 0.3 is 0 Å². The molecule has 0 amide bonds. The van der Waals surface area contributed by atoms with E-state index in [9.17, 15) is 59.4 Å². The first-order valence-corrected chi connectivity index (χ1v) is 14.2. The third-order valence-corrected chi connectivity index (χ3v) is 4.73. The first kappa shape index (κ1) is 53.0. The van der Waals surface area contributed by atoms with Crippen molar-refractivity contribution >= 4 is 54.0 Å². The Bertz CT molecular complexity index is 1300. The number of hydrogen-bond acceptors (Lipinski definition) is 18. The summed E-state index contributed by atoms with van der Waals surface area (Å²) in [6.07, 6.45) is 12.6. The van der Waals surface area contributed by atoms with Gasteiger partial charge in [-0.1, -0.05) is 20.8 Å². The molecule has 3 aromatic heterocycles. The Labute approximate surface area is 310 Å². The molecule has 52 heavy (non-hydrogen) atoms. The number of aromatic nitrogens is 6. The number of carboxylic acids is 6. The molecule has 0 bridgehead atoms. The van der Waals surface area contributed by atoms with Crippen LogP contribution in [0.25, 0.3) is 18.2 Å². The maximum Gasteiger partial charge on any atom is 0.0931 e. The maximum absolute atomic E-state index is 9.86. The van der Waals surface area contributed by atoms with E-state index >= 15 is 0 Å². The van der Waals surface area contributed by atoms with Crippen LogP contribution in [0.4, 0.5) is 0 Å². The van der Waals surface area contributed by atoms with Crippen molar-refractivity contribution in [3.8, 4) is 0 Å². The molecule has 0 fully saturated rings. The van der Waals surface area contributed by atoms with Crippen LogP contribution in [-0.4, -0.2) is 99.4 Å². The van der Waals surface area contributed by atoms with Crippen LogP contribution in [0.15, 0.2) is 55.8 Å². The van der Waals surface area contributed by atoms with Crippen LogP contribution in [0.1, 0.15) is 57.1 Å². The number of rotatable bonds is 12. The maximum atomic E-state index is 9.86. The van der Waals surface area contributed by atoms with Gasteiger partial charge in [0.1, 0.15) is 0 Å². The Morgan fingerprint density at radius 2 is 0.750 bits per heavy atom. The second-order valence-electron chi connectivity index (χ2n) is 8.71. The minimum absolute atomic E-state index is 0. The predicted octanol–water partition coefficient (Wildman–Crippen LogP) is -6.96. The number of carbonyl (C=O) groups excluding carboxylic acids is 6. The Morgan fingerprint density at radius 3 is 0.846 bits per heavy atom. The molecule has 0 aliphatic heterocycles. The third kappa shape index (κ3) is 35.5. The average molecular weight is 817 g/mol. The molecular weight excluding hydrogens is 780 g/mol. The summed E-state index contributed by atoms with van der Waals surface area (Å²) < 4.78 is 0. The van der Waals surface area contributed by atoms with E-state index in [-0.39, 0.29) is 40.3 Å². The molecule has 0 aliphatic carbocycles. The van der Waals surface area contributed by atoms with Crippen molar-refractivity contribution in [3.05, 3.63) is 72.9 Å². The number of nitrogens with zero attached hydrogens (tertiary/aromatic N) is 3. The molecule has 22 heteroatoms. The van der Waals surface area contributed by atoms with Gasteiger partial charge in [-0.25, -0.2) is 15.0 Å². The van der Waals surface area contributed by atoms with Gasteiger partial charge in [0.05, 0.1) is 109 Å². The molecule has 3 unspecified atom stereocenters. The molecule has 0 spiro atoms. The molecule has 288 valence electrons. The zero-order chi connectivity index (χ0) is 39.8. The molecule has 3 aromatic rings. The molecule has 0 saturated heterocycles. The number of aliphatic hydroxyl groups is 3. The Hall–Kier alpha value is -5.76. The fourth-order valence-electron chi connectivity index (χ4n) is 2.05. The quantitative estimate of drug-likeness (QED) is 0.0730. The summed E-state index contributed by atoms with van der Waals surface area (Å²) in [5.41, 5.74) is 1.93. The minimum atomic E-state index is -1.40. The van der Waals surface area contributed by atoms with Gasteiger partial charge in [-0.15, -0.1) is 0 Å². The SMILES string of the molecule is CCC(O)C(=O)[O-].CCC(O)C(=O)[O-].CCC(O)C(=O)[O-].O=C([O-])C=Cc1cnc[nH]1.O=C([O-])C=Cc1cnc[nH]1.O=C([O-])C=Cc1cnc[nH]1.[Mo]. The number of aromatic amines is 3. The van der Waals surface area contributed by atoms with Gasteiger partial charge in [-0.05, 0) is 55.7 Å². The fraction of sp³-hybridized carbons (Fsp3) is 0.300. The van der Waals surface area contributed by atoms with Gasteiger partial charge < -0.3 is 89.7 Å². The number of nitrogens with one attached hydrogen (secondary N) is 3. The van der Waals surface area contributed by atoms with Crippen LogP contribution in [0.2, 0.25) is 0 Å². The number of aliphatic hydroxyl groups excluding tert-OH is 3. The summed E-state index contributed by atoms with van der Waals surface area (Å²) in [5.74, 6) is -7.84. The van der Waals surface area contributed by atoms with Crippen LogP contribution < -0.4 is 30.6 Å². The summed E-state index contributed by atoms with van der Waals surface area (Å²) in [4.78, 5) is 77.4. The molecular formula is C30H36MoN6O15-6. The van der Waals surface area contributed by atoms with Crippen LogP contribution in [-0.2, 0) is 49.8 Å². The van der Waals surface area contributed by atoms with E-state index in [2.05, 4.69) is 29.9 Å². The second kappa shape index (κ2) is 33.7. The van der Waals surface area contributed by atoms with Crippen molar-refractivity contribution in [2.24, 2.45) is 0 Å². The molecule has 21 nitrogen and oxygen atoms in total. The van der Waals surface area contributed by atoms with Crippen molar-refractivity contribution in [1.82, 2.24) is 29.9 Å².